The van der Waals surface area contributed by atoms with E-state index < -0.39 is 0 Å². The van der Waals surface area contributed by atoms with E-state index in [4.69, 9.17) is 5.73 Å². The summed E-state index contributed by atoms with van der Waals surface area (Å²) >= 11 is 1.47. The molecule has 1 aromatic heterocycles. The van der Waals surface area contributed by atoms with Gasteiger partial charge in [0.1, 0.15) is 4.88 Å². The number of nitrogens with one attached hydrogen (secondary N) is 1. The number of hydrogen-bond donors (Lipinski definition) is 2. The molecule has 2 rings (SSSR count). The Kier molecular flexibility index (Phi) is 4.67. The molecule has 1 aromatic rings. The molecule has 5 nitrogen and oxygen atoms in total. The number of likely N-dealkylation sites (N-methyl/N-ethyl adjacent to an activating group) is 1. The van der Waals surface area contributed by atoms with Gasteiger partial charge in [-0.25, -0.2) is 0 Å². The van der Waals surface area contributed by atoms with Crippen molar-refractivity contribution in [3.8, 4) is 0 Å². The summed E-state index contributed by atoms with van der Waals surface area (Å²) in [6, 6.07) is 2.34. The van der Waals surface area contributed by atoms with E-state index in [2.05, 4.69) is 35.7 Å². The topological polar surface area (TPSA) is 61.6 Å². The number of thiophene rings is 1. The van der Waals surface area contributed by atoms with Crippen LogP contribution in [0, 0.1) is 0 Å². The highest BCUT2D eigenvalue weighted by atomic mass is 32.1. The molecule has 1 aliphatic rings. The van der Waals surface area contributed by atoms with Gasteiger partial charge >= 0.3 is 0 Å². The van der Waals surface area contributed by atoms with Gasteiger partial charge in [0.2, 0.25) is 0 Å². The molecule has 0 aliphatic carbocycles. The quantitative estimate of drug-likeness (QED) is 0.824. The minimum absolute atomic E-state index is 0.125. The third-order valence-corrected chi connectivity index (χ3v) is 4.66. The molecule has 6 heteroatoms. The van der Waals surface area contributed by atoms with Crippen molar-refractivity contribution in [2.24, 2.45) is 0 Å². The first-order chi connectivity index (χ1) is 9.52. The second-order valence-electron chi connectivity index (χ2n) is 5.17. The molecule has 2 heterocycles. The van der Waals surface area contributed by atoms with E-state index in [-0.39, 0.29) is 5.91 Å². The van der Waals surface area contributed by atoms with Crippen LogP contribution in [0.4, 0.5) is 10.7 Å². The number of carbonyl (C=O) groups excluding carboxylic acids is 1. The first kappa shape index (κ1) is 14.9. The van der Waals surface area contributed by atoms with Crippen LogP contribution in [-0.4, -0.2) is 50.1 Å². The van der Waals surface area contributed by atoms with Gasteiger partial charge in [0.25, 0.3) is 5.91 Å². The molecule has 20 heavy (non-hydrogen) atoms. The Morgan fingerprint density at radius 3 is 3.05 bits per heavy atom. The van der Waals surface area contributed by atoms with Crippen LogP contribution in [0.1, 0.15) is 16.6 Å². The maximum atomic E-state index is 12.0. The summed E-state index contributed by atoms with van der Waals surface area (Å²) in [4.78, 5) is 17.2. The number of hydrogen-bond acceptors (Lipinski definition) is 5. The van der Waals surface area contributed by atoms with Gasteiger partial charge in [-0.1, -0.05) is 6.08 Å². The second kappa shape index (κ2) is 6.28. The Labute approximate surface area is 124 Å². The van der Waals surface area contributed by atoms with Gasteiger partial charge in [-0.05, 0) is 20.0 Å². The van der Waals surface area contributed by atoms with E-state index >= 15 is 0 Å². The van der Waals surface area contributed by atoms with Gasteiger partial charge in [-0.3, -0.25) is 4.79 Å². The van der Waals surface area contributed by atoms with E-state index in [1.54, 1.807) is 6.08 Å². The van der Waals surface area contributed by atoms with Crippen LogP contribution >= 0.6 is 11.3 Å². The van der Waals surface area contributed by atoms with Crippen LogP contribution in [-0.2, 0) is 0 Å². The number of carbonyl (C=O) groups is 1. The highest BCUT2D eigenvalue weighted by Gasteiger charge is 2.25. The summed E-state index contributed by atoms with van der Waals surface area (Å²) in [5.41, 5.74) is 6.53. The molecule has 1 atom stereocenters. The Balaban J connectivity index is 2.14. The molecule has 0 spiro atoms. The van der Waals surface area contributed by atoms with Crippen LogP contribution in [0.5, 0.6) is 0 Å². The first-order valence-electron chi connectivity index (χ1n) is 6.76. The van der Waals surface area contributed by atoms with E-state index in [0.717, 1.165) is 24.6 Å². The van der Waals surface area contributed by atoms with E-state index in [0.29, 0.717) is 23.2 Å². The zero-order chi connectivity index (χ0) is 14.7. The molecule has 0 bridgehead atoms. The summed E-state index contributed by atoms with van der Waals surface area (Å²) in [6.45, 7) is 9.26. The predicted molar refractivity (Wildman–Crippen MR) is 85.6 cm³/mol. The Morgan fingerprint density at radius 1 is 1.65 bits per heavy atom. The van der Waals surface area contributed by atoms with Crippen molar-refractivity contribution in [1.29, 1.82) is 0 Å². The van der Waals surface area contributed by atoms with Gasteiger partial charge in [-0.2, -0.15) is 0 Å². The van der Waals surface area contributed by atoms with Crippen LogP contribution in [0.25, 0.3) is 0 Å². The van der Waals surface area contributed by atoms with E-state index in [1.165, 1.54) is 11.3 Å². The predicted octanol–water partition coefficient (Wildman–Crippen LogP) is 1.39. The summed E-state index contributed by atoms with van der Waals surface area (Å²) < 4.78 is 0. The van der Waals surface area contributed by atoms with Crippen molar-refractivity contribution in [2.75, 3.05) is 43.9 Å². The lowest BCUT2D eigenvalue weighted by Crippen LogP contribution is -2.50. The van der Waals surface area contributed by atoms with Crippen LogP contribution in [0.2, 0.25) is 0 Å². The third kappa shape index (κ3) is 3.13. The molecule has 1 saturated heterocycles. The van der Waals surface area contributed by atoms with Gasteiger partial charge in [-0.15, -0.1) is 17.9 Å². The molecular weight excluding hydrogens is 272 g/mol. The fraction of sp³-hybridized carbons (Fsp3) is 0.500. The number of rotatable bonds is 4. The highest BCUT2D eigenvalue weighted by Crippen LogP contribution is 2.34. The summed E-state index contributed by atoms with van der Waals surface area (Å²) in [6.07, 6.45) is 1.66. The number of anilines is 2. The zero-order valence-electron chi connectivity index (χ0n) is 12.1. The largest absolute Gasteiger partial charge is 0.397 e. The maximum Gasteiger partial charge on any atom is 0.263 e. The SMILES string of the molecule is C=CCNC(=O)c1sc(N2CCN(C)CC2C)cc1N. The Bertz CT molecular complexity index is 499. The van der Waals surface area contributed by atoms with Crippen molar-refractivity contribution in [3.05, 3.63) is 23.6 Å². The fourth-order valence-electron chi connectivity index (χ4n) is 2.42. The molecule has 3 N–H and O–H groups in total. The molecule has 1 aliphatic heterocycles. The van der Waals surface area contributed by atoms with Gasteiger partial charge in [0, 0.05) is 32.2 Å². The average Bonchev–Trinajstić information content (AvgIpc) is 2.78. The first-order valence-corrected chi connectivity index (χ1v) is 7.58. The van der Waals surface area contributed by atoms with Crippen molar-refractivity contribution < 1.29 is 4.79 Å². The second-order valence-corrected chi connectivity index (χ2v) is 6.20. The Hall–Kier alpha value is -1.53. The summed E-state index contributed by atoms with van der Waals surface area (Å²) in [7, 11) is 2.13. The monoisotopic (exact) mass is 294 g/mol. The van der Waals surface area contributed by atoms with Crippen LogP contribution in [0.15, 0.2) is 18.7 Å². The molecule has 1 fully saturated rings. The molecular formula is C14H22N4OS. The maximum absolute atomic E-state index is 12.0. The summed E-state index contributed by atoms with van der Waals surface area (Å²) in [5.74, 6) is -0.125. The number of amides is 1. The lowest BCUT2D eigenvalue weighted by molar-refractivity contribution is 0.0963. The van der Waals surface area contributed by atoms with Crippen LogP contribution in [0.3, 0.4) is 0 Å². The molecule has 0 radical (unpaired) electrons. The van der Waals surface area contributed by atoms with E-state index in [1.807, 2.05) is 6.07 Å². The number of nitrogen functional groups attached to an aromatic ring is 1. The van der Waals surface area contributed by atoms with Crippen LogP contribution < -0.4 is 16.0 Å². The molecule has 1 amide bonds. The lowest BCUT2D eigenvalue weighted by Gasteiger charge is -2.38. The zero-order valence-corrected chi connectivity index (χ0v) is 12.9. The smallest absolute Gasteiger partial charge is 0.263 e. The molecule has 0 saturated carbocycles. The Morgan fingerprint density at radius 2 is 2.40 bits per heavy atom. The molecule has 1 unspecified atom stereocenters. The number of nitrogens with two attached hydrogens (primary N) is 1. The van der Waals surface area contributed by atoms with E-state index in [9.17, 15) is 4.79 Å². The van der Waals surface area contributed by atoms with Crippen molar-refractivity contribution in [2.45, 2.75) is 13.0 Å². The highest BCUT2D eigenvalue weighted by molar-refractivity contribution is 7.18. The molecule has 0 aromatic carbocycles. The van der Waals surface area contributed by atoms with Gasteiger partial charge < -0.3 is 20.9 Å². The summed E-state index contributed by atoms with van der Waals surface area (Å²) in [5, 5.41) is 3.85. The van der Waals surface area contributed by atoms with Gasteiger partial charge in [0.15, 0.2) is 0 Å². The minimum Gasteiger partial charge on any atom is -0.397 e. The van der Waals surface area contributed by atoms with Crippen molar-refractivity contribution in [3.63, 3.8) is 0 Å². The lowest BCUT2D eigenvalue weighted by atomic mass is 10.2. The molecule has 110 valence electrons. The van der Waals surface area contributed by atoms with Crippen molar-refractivity contribution in [1.82, 2.24) is 10.2 Å². The standard InChI is InChI=1S/C14H22N4OS/c1-4-5-16-14(19)13-11(15)8-12(20-13)18-7-6-17(3)9-10(18)2/h4,8,10H,1,5-7,9,15H2,2-3H3,(H,16,19). The normalized spacial score (nSPS) is 19.9. The average molecular weight is 294 g/mol. The number of nitrogens with zero attached hydrogens (tertiary/aromatic N) is 2. The van der Waals surface area contributed by atoms with Crippen molar-refractivity contribution >= 4 is 27.9 Å². The fourth-order valence-corrected chi connectivity index (χ4v) is 3.55. The van der Waals surface area contributed by atoms with Gasteiger partial charge in [0.05, 0.1) is 10.7 Å². The number of piperazine rings is 1. The minimum atomic E-state index is -0.125. The third-order valence-electron chi connectivity index (χ3n) is 3.47.